The Morgan fingerprint density at radius 2 is 1.73 bits per heavy atom. The van der Waals surface area contributed by atoms with E-state index in [1.54, 1.807) is 0 Å². The summed E-state index contributed by atoms with van der Waals surface area (Å²) in [5.74, 6) is 1.80. The lowest BCUT2D eigenvalue weighted by molar-refractivity contribution is 0.279. The molecule has 1 N–H and O–H groups in total. The van der Waals surface area contributed by atoms with Gasteiger partial charge in [-0.05, 0) is 36.6 Å². The predicted molar refractivity (Wildman–Crippen MR) is 68.0 cm³/mol. The first-order valence-corrected chi connectivity index (χ1v) is 6.80. The monoisotopic (exact) mass is 211 g/mol. The molecule has 0 bridgehead atoms. The smallest absolute Gasteiger partial charge is 0.0129 e. The molecule has 0 aromatic rings. The van der Waals surface area contributed by atoms with Crippen LogP contribution in [0, 0.1) is 17.3 Å². The van der Waals surface area contributed by atoms with Crippen molar-refractivity contribution in [3.05, 3.63) is 0 Å². The molecule has 1 rings (SSSR count). The first-order chi connectivity index (χ1) is 7.06. The molecule has 90 valence electrons. The summed E-state index contributed by atoms with van der Waals surface area (Å²) in [6.45, 7) is 13.0. The first-order valence-electron chi connectivity index (χ1n) is 6.80. The minimum atomic E-state index is 0.605. The minimum Gasteiger partial charge on any atom is -0.313 e. The fraction of sp³-hybridized carbons (Fsp3) is 1.00. The van der Waals surface area contributed by atoms with Crippen LogP contribution in [0.1, 0.15) is 60.3 Å². The number of nitrogens with one attached hydrogen (secondary N) is 1. The van der Waals surface area contributed by atoms with E-state index >= 15 is 0 Å². The van der Waals surface area contributed by atoms with Gasteiger partial charge in [-0.1, -0.05) is 47.5 Å². The molecule has 0 aromatic heterocycles. The van der Waals surface area contributed by atoms with E-state index in [2.05, 4.69) is 39.9 Å². The summed E-state index contributed by atoms with van der Waals surface area (Å²) < 4.78 is 0. The molecule has 1 aliphatic rings. The zero-order valence-corrected chi connectivity index (χ0v) is 11.3. The quantitative estimate of drug-likeness (QED) is 0.674. The Kier molecular flexibility index (Phi) is 4.64. The van der Waals surface area contributed by atoms with Crippen LogP contribution in [0.4, 0.5) is 0 Å². The highest BCUT2D eigenvalue weighted by Crippen LogP contribution is 2.55. The van der Waals surface area contributed by atoms with Gasteiger partial charge < -0.3 is 5.32 Å². The van der Waals surface area contributed by atoms with Crippen LogP contribution in [0.5, 0.6) is 0 Å². The van der Waals surface area contributed by atoms with Gasteiger partial charge in [0.05, 0.1) is 0 Å². The van der Waals surface area contributed by atoms with E-state index in [1.807, 2.05) is 0 Å². The van der Waals surface area contributed by atoms with E-state index in [0.29, 0.717) is 5.41 Å². The second-order valence-corrected chi connectivity index (χ2v) is 5.86. The molecular formula is C14H29N. The molecule has 0 spiro atoms. The van der Waals surface area contributed by atoms with Crippen molar-refractivity contribution >= 4 is 0 Å². The Bertz CT molecular complexity index is 180. The molecule has 0 heterocycles. The molecule has 1 nitrogen and oxygen atoms in total. The van der Waals surface area contributed by atoms with Crippen LogP contribution in [0.15, 0.2) is 0 Å². The molecule has 0 aromatic carbocycles. The van der Waals surface area contributed by atoms with Gasteiger partial charge in [0.25, 0.3) is 0 Å². The Balaban J connectivity index is 2.53. The molecule has 0 radical (unpaired) electrons. The minimum absolute atomic E-state index is 0.605. The Morgan fingerprint density at radius 1 is 1.20 bits per heavy atom. The Morgan fingerprint density at radius 3 is 2.07 bits per heavy atom. The zero-order chi connectivity index (χ0) is 11.5. The molecule has 15 heavy (non-hydrogen) atoms. The molecule has 2 unspecified atom stereocenters. The lowest BCUT2D eigenvalue weighted by Crippen LogP contribution is -2.39. The van der Waals surface area contributed by atoms with E-state index in [4.69, 9.17) is 0 Å². The molecule has 1 fully saturated rings. The molecule has 1 saturated carbocycles. The lowest BCUT2D eigenvalue weighted by Gasteiger charge is -2.28. The van der Waals surface area contributed by atoms with Crippen molar-refractivity contribution in [2.75, 3.05) is 6.54 Å². The van der Waals surface area contributed by atoms with Crippen LogP contribution in [0.3, 0.4) is 0 Å². The highest BCUT2D eigenvalue weighted by molar-refractivity contribution is 5.03. The first kappa shape index (κ1) is 13.0. The zero-order valence-electron chi connectivity index (χ0n) is 11.3. The predicted octanol–water partition coefficient (Wildman–Crippen LogP) is 3.84. The standard InChI is InChI=1S/C14H29N/c1-6-9-15-13(11(7-2)8-3)12-10-14(12,4)5/h11-13,15H,6-10H2,1-5H3. The summed E-state index contributed by atoms with van der Waals surface area (Å²) >= 11 is 0. The molecular weight excluding hydrogens is 182 g/mol. The summed E-state index contributed by atoms with van der Waals surface area (Å²) in [7, 11) is 0. The van der Waals surface area contributed by atoms with Crippen molar-refractivity contribution in [1.29, 1.82) is 0 Å². The van der Waals surface area contributed by atoms with Gasteiger partial charge in [0.15, 0.2) is 0 Å². The summed E-state index contributed by atoms with van der Waals surface area (Å²) in [4.78, 5) is 0. The SMILES string of the molecule is CCCNC(C(CC)CC)C1CC1(C)C. The van der Waals surface area contributed by atoms with Crippen molar-refractivity contribution in [3.8, 4) is 0 Å². The third kappa shape index (κ3) is 3.21. The molecule has 0 aliphatic heterocycles. The normalized spacial score (nSPS) is 25.6. The summed E-state index contributed by atoms with van der Waals surface area (Å²) in [5, 5.41) is 3.79. The maximum Gasteiger partial charge on any atom is 0.0129 e. The van der Waals surface area contributed by atoms with E-state index in [0.717, 1.165) is 17.9 Å². The topological polar surface area (TPSA) is 12.0 Å². The van der Waals surface area contributed by atoms with Gasteiger partial charge >= 0.3 is 0 Å². The van der Waals surface area contributed by atoms with Crippen LogP contribution in [0.2, 0.25) is 0 Å². The summed E-state index contributed by atoms with van der Waals surface area (Å²) in [6.07, 6.45) is 5.32. The van der Waals surface area contributed by atoms with Gasteiger partial charge in [0, 0.05) is 6.04 Å². The highest BCUT2D eigenvalue weighted by Gasteiger charge is 2.51. The molecule has 1 heteroatoms. The number of rotatable bonds is 7. The average Bonchev–Trinajstić information content (AvgIpc) is 2.82. The van der Waals surface area contributed by atoms with Crippen LogP contribution >= 0.6 is 0 Å². The largest absolute Gasteiger partial charge is 0.313 e. The van der Waals surface area contributed by atoms with E-state index in [1.165, 1.54) is 32.2 Å². The Labute approximate surface area is 96.0 Å². The van der Waals surface area contributed by atoms with Crippen LogP contribution in [-0.4, -0.2) is 12.6 Å². The molecule has 0 saturated heterocycles. The number of hydrogen-bond donors (Lipinski definition) is 1. The fourth-order valence-corrected chi connectivity index (χ4v) is 2.87. The van der Waals surface area contributed by atoms with E-state index in [-0.39, 0.29) is 0 Å². The second kappa shape index (κ2) is 5.34. The van der Waals surface area contributed by atoms with Crippen LogP contribution < -0.4 is 5.32 Å². The Hall–Kier alpha value is -0.0400. The van der Waals surface area contributed by atoms with Crippen molar-refractivity contribution in [2.24, 2.45) is 17.3 Å². The van der Waals surface area contributed by atoms with E-state index in [9.17, 15) is 0 Å². The van der Waals surface area contributed by atoms with Crippen LogP contribution in [0.25, 0.3) is 0 Å². The van der Waals surface area contributed by atoms with Gasteiger partial charge in [0.1, 0.15) is 0 Å². The maximum atomic E-state index is 3.79. The average molecular weight is 211 g/mol. The summed E-state index contributed by atoms with van der Waals surface area (Å²) in [6, 6.07) is 0.773. The van der Waals surface area contributed by atoms with Gasteiger partial charge in [-0.3, -0.25) is 0 Å². The highest BCUT2D eigenvalue weighted by atomic mass is 14.9. The third-order valence-corrected chi connectivity index (χ3v) is 4.21. The lowest BCUT2D eigenvalue weighted by atomic mass is 9.88. The molecule has 0 amide bonds. The third-order valence-electron chi connectivity index (χ3n) is 4.21. The van der Waals surface area contributed by atoms with E-state index < -0.39 is 0 Å². The van der Waals surface area contributed by atoms with Gasteiger partial charge in [-0.25, -0.2) is 0 Å². The second-order valence-electron chi connectivity index (χ2n) is 5.86. The fourth-order valence-electron chi connectivity index (χ4n) is 2.87. The number of hydrogen-bond acceptors (Lipinski definition) is 1. The molecule has 1 aliphatic carbocycles. The van der Waals surface area contributed by atoms with Crippen molar-refractivity contribution in [2.45, 2.75) is 66.3 Å². The van der Waals surface area contributed by atoms with Crippen molar-refractivity contribution in [1.82, 2.24) is 5.32 Å². The van der Waals surface area contributed by atoms with Crippen LogP contribution in [-0.2, 0) is 0 Å². The molecule has 2 atom stereocenters. The maximum absolute atomic E-state index is 3.79. The van der Waals surface area contributed by atoms with Gasteiger partial charge in [0.2, 0.25) is 0 Å². The van der Waals surface area contributed by atoms with Crippen molar-refractivity contribution in [3.63, 3.8) is 0 Å². The van der Waals surface area contributed by atoms with Gasteiger partial charge in [-0.15, -0.1) is 0 Å². The summed E-state index contributed by atoms with van der Waals surface area (Å²) in [5.41, 5.74) is 0.605. The van der Waals surface area contributed by atoms with Gasteiger partial charge in [-0.2, -0.15) is 0 Å². The van der Waals surface area contributed by atoms with Crippen molar-refractivity contribution < 1.29 is 0 Å².